The Bertz CT molecular complexity index is 10900. The Morgan fingerprint density at radius 3 is 0.966 bits per heavy atom. The van der Waals surface area contributed by atoms with E-state index in [1.807, 2.05) is 53.8 Å². The van der Waals surface area contributed by atoms with Gasteiger partial charge in [-0.2, -0.15) is 0 Å². The Kier molecular flexibility index (Phi) is 18.4. The van der Waals surface area contributed by atoms with E-state index in [-0.39, 0.29) is 0 Å². The minimum Gasteiger partial charge on any atom is -0.456 e. The molecule has 10 aromatic heterocycles. The van der Waals surface area contributed by atoms with Gasteiger partial charge < -0.3 is 36.2 Å². The summed E-state index contributed by atoms with van der Waals surface area (Å²) in [6.45, 7) is 0. The molecule has 10 heterocycles. The molecule has 0 bridgehead atoms. The van der Waals surface area contributed by atoms with Gasteiger partial charge in [0, 0.05) is 159 Å². The maximum Gasteiger partial charge on any atom is 0.137 e. The van der Waals surface area contributed by atoms with E-state index in [9.17, 15) is 0 Å². The zero-order valence-corrected chi connectivity index (χ0v) is 79.0. The first kappa shape index (κ1) is 81.8. The Morgan fingerprint density at radius 2 is 0.469 bits per heavy atom. The summed E-state index contributed by atoms with van der Waals surface area (Å²) in [5, 5.41) is 22.1. The Morgan fingerprint density at radius 1 is 0.159 bits per heavy atom. The van der Waals surface area contributed by atoms with Crippen molar-refractivity contribution < 1.29 is 8.83 Å². The van der Waals surface area contributed by atoms with E-state index in [0.717, 1.165) is 128 Å². The van der Waals surface area contributed by atoms with Crippen LogP contribution in [0.1, 0.15) is 0 Å². The van der Waals surface area contributed by atoms with E-state index in [2.05, 4.69) is 482 Å². The van der Waals surface area contributed by atoms with E-state index < -0.39 is 0 Å². The van der Waals surface area contributed by atoms with Gasteiger partial charge in [-0.3, -0.25) is 0 Å². The molecule has 10 nitrogen and oxygen atoms in total. The van der Waals surface area contributed by atoms with Gasteiger partial charge >= 0.3 is 0 Å². The fourth-order valence-corrected chi connectivity index (χ4v) is 24.4. The highest BCUT2D eigenvalue weighted by Gasteiger charge is 2.28. The second kappa shape index (κ2) is 32.7. The minimum atomic E-state index is 0.875. The monoisotopic (exact) mass is 1870 g/mol. The Hall–Kier alpha value is -19.2. The molecule has 0 N–H and O–H groups in total. The number of rotatable bonds is 10. The average molecular weight is 1870 g/mol. The van der Waals surface area contributed by atoms with Crippen molar-refractivity contribution in [2.45, 2.75) is 0 Å². The van der Waals surface area contributed by atoms with Gasteiger partial charge in [0.1, 0.15) is 22.3 Å². The van der Waals surface area contributed by atoms with Crippen LogP contribution in [0.2, 0.25) is 0 Å². The molecule has 0 aliphatic heterocycles. The van der Waals surface area contributed by atoms with Crippen LogP contribution >= 0.6 is 11.3 Å². The number of aromatic nitrogens is 8. The predicted molar refractivity (Wildman–Crippen MR) is 608 cm³/mol. The number of thiophene rings is 1. The highest BCUT2D eigenvalue weighted by atomic mass is 32.1. The van der Waals surface area contributed by atoms with E-state index >= 15 is 0 Å². The maximum atomic E-state index is 6.57. The van der Waals surface area contributed by atoms with Crippen LogP contribution in [0.15, 0.2) is 506 Å². The van der Waals surface area contributed by atoms with Crippen molar-refractivity contribution in [1.82, 2.24) is 37.4 Å². The molecule has 0 spiro atoms. The molecule has 676 valence electrons. The molecule has 145 heavy (non-hydrogen) atoms. The number of furan rings is 2. The van der Waals surface area contributed by atoms with Gasteiger partial charge in [0.15, 0.2) is 0 Å². The summed E-state index contributed by atoms with van der Waals surface area (Å²) in [6, 6.07) is 178. The molecule has 32 rings (SSSR count). The van der Waals surface area contributed by atoms with Gasteiger partial charge in [0.2, 0.25) is 0 Å². The molecule has 0 unspecified atom stereocenters. The van der Waals surface area contributed by atoms with Gasteiger partial charge in [-0.25, -0.2) is 9.97 Å². The second-order valence-electron chi connectivity index (χ2n) is 37.7. The highest BCUT2D eigenvalue weighted by molar-refractivity contribution is 7.26. The number of hydrogen-bond donors (Lipinski definition) is 0. The van der Waals surface area contributed by atoms with Crippen molar-refractivity contribution in [2.75, 3.05) is 0 Å². The molecule has 0 aliphatic carbocycles. The van der Waals surface area contributed by atoms with Crippen LogP contribution in [0, 0.1) is 0 Å². The molecule has 22 aromatic carbocycles. The predicted octanol–water partition coefficient (Wildman–Crippen LogP) is 36.4. The molecule has 0 amide bonds. The second-order valence-corrected chi connectivity index (χ2v) is 38.8. The SMILES string of the molecule is c1ccc(-c2cccc(-n3c4ccccc4c4cc5c6cc7c(cc6n(-c6ccccc6)c5cc43)oc3ccc(-c4ccccc4)cc37)c2)cc1.c1ccc(-c2nc3ccccc3nc2-c2ccc(-n3c4ccccc4c4cc5c6ccc7c8ccccc8sc7c6n(-c6ccccc6)c5cc43)cc2)cc1.c1ccc(-n2c3ccccc3c3cc4c5cc6c(cc5n(-c5ccccc5)c4cc32)oc2ccccc26)cc1. The molecule has 11 heteroatoms. The van der Waals surface area contributed by atoms with Crippen molar-refractivity contribution >= 4 is 217 Å². The van der Waals surface area contributed by atoms with E-state index in [4.69, 9.17) is 18.8 Å². The van der Waals surface area contributed by atoms with Gasteiger partial charge in [-0.1, -0.05) is 309 Å². The summed E-state index contributed by atoms with van der Waals surface area (Å²) in [4.78, 5) is 10.3. The summed E-state index contributed by atoms with van der Waals surface area (Å²) in [5.74, 6) is 0. The third-order valence-electron chi connectivity index (χ3n) is 29.7. The summed E-state index contributed by atoms with van der Waals surface area (Å²) in [5.41, 5.74) is 35.0. The minimum absolute atomic E-state index is 0.875. The van der Waals surface area contributed by atoms with Gasteiger partial charge in [-0.05, 0) is 198 Å². The lowest BCUT2D eigenvalue weighted by atomic mass is 10.0. The summed E-state index contributed by atoms with van der Waals surface area (Å²) < 4.78 is 30.0. The number of nitrogens with zero attached hydrogens (tertiary/aromatic N) is 8. The topological polar surface area (TPSA) is 81.6 Å². The first-order chi connectivity index (χ1) is 71.9. The number of fused-ring (bicyclic) bond motifs is 29. The lowest BCUT2D eigenvalue weighted by molar-refractivity contribution is 0.669. The van der Waals surface area contributed by atoms with E-state index in [0.29, 0.717) is 0 Å². The molecule has 0 fully saturated rings. The zero-order chi connectivity index (χ0) is 95.0. The van der Waals surface area contributed by atoms with Gasteiger partial charge in [0.05, 0.1) is 93.3 Å². The largest absolute Gasteiger partial charge is 0.456 e. The molecule has 0 saturated carbocycles. The zero-order valence-electron chi connectivity index (χ0n) is 78.1. The molecule has 0 aliphatic rings. The van der Waals surface area contributed by atoms with Gasteiger partial charge in [0.25, 0.3) is 0 Å². The first-order valence-corrected chi connectivity index (χ1v) is 50.1. The summed E-state index contributed by atoms with van der Waals surface area (Å²) in [6.07, 6.45) is 0. The van der Waals surface area contributed by atoms with E-state index in [1.54, 1.807) is 0 Å². The Balaban J connectivity index is 0.000000102. The van der Waals surface area contributed by atoms with Crippen molar-refractivity contribution in [1.29, 1.82) is 0 Å². The molecule has 0 saturated heterocycles. The summed E-state index contributed by atoms with van der Waals surface area (Å²) in [7, 11) is 0. The third-order valence-corrected chi connectivity index (χ3v) is 30.9. The van der Waals surface area contributed by atoms with Crippen LogP contribution in [-0.4, -0.2) is 37.4 Å². The average Bonchev–Trinajstić information content (AvgIpc) is 1.54. The lowest BCUT2D eigenvalue weighted by Gasteiger charge is -2.13. The first-order valence-electron chi connectivity index (χ1n) is 49.3. The summed E-state index contributed by atoms with van der Waals surface area (Å²) >= 11 is 1.89. The third kappa shape index (κ3) is 13.0. The lowest BCUT2D eigenvalue weighted by Crippen LogP contribution is -1.97. The van der Waals surface area contributed by atoms with Crippen molar-refractivity contribution in [2.24, 2.45) is 0 Å². The maximum absolute atomic E-state index is 6.57. The standard InChI is InChI=1S/C50H30N4S.C48H30N2O.C36H22N2O/c1-3-13-31(14-4-1)47-48(52-42-20-10-9-19-41(42)51-47)32-23-25-34(26-24-32)53-43-21-11-7-17-35(43)39-29-40-37-27-28-38-36-18-8-12-22-46(36)55-50(38)49(37)54(45(40)30-44(39)53)33-15-5-2-6-16-33;1-4-13-31(14-5-1)33-17-12-20-36(25-33)50-43-22-11-10-21-37(43)38-27-39-40-28-42-41-26-34(32-15-6-2-7-16-32)23-24-47(41)51-48(42)30-46(40)49(45(39)29-44(38)50)35-18-8-3-9-19-35;1-3-11-23(12-4-1)37-31-17-9-7-15-25(31)27-19-28-29-20-30-26-16-8-10-18-35(26)39-36(30)22-34(29)38(33(28)21-32(27)37)24-13-5-2-6-14-24/h1-30H;1-30H;1-22H. The van der Waals surface area contributed by atoms with Crippen molar-refractivity contribution in [3.05, 3.63) is 497 Å². The highest BCUT2D eigenvalue weighted by Crippen LogP contribution is 2.50. The van der Waals surface area contributed by atoms with Crippen molar-refractivity contribution in [3.63, 3.8) is 0 Å². The van der Waals surface area contributed by atoms with E-state index in [1.165, 1.54) is 157 Å². The number of hydrogen-bond acceptors (Lipinski definition) is 5. The molecular weight excluding hydrogens is 1790 g/mol. The molecule has 32 aromatic rings. The fraction of sp³-hybridized carbons (Fsp3) is 0. The quantitative estimate of drug-likeness (QED) is 0.137. The smallest absolute Gasteiger partial charge is 0.137 e. The fourth-order valence-electron chi connectivity index (χ4n) is 23.2. The number of benzene rings is 22. The van der Waals surface area contributed by atoms with Crippen LogP contribution in [0.3, 0.4) is 0 Å². The van der Waals surface area contributed by atoms with Crippen LogP contribution in [-0.2, 0) is 0 Å². The van der Waals surface area contributed by atoms with Crippen LogP contribution < -0.4 is 0 Å². The Labute approximate surface area is 833 Å². The van der Waals surface area contributed by atoms with Crippen LogP contribution in [0.4, 0.5) is 0 Å². The van der Waals surface area contributed by atoms with Crippen molar-refractivity contribution in [3.8, 4) is 78.9 Å². The number of para-hydroxylation sites is 10. The van der Waals surface area contributed by atoms with Gasteiger partial charge in [-0.15, -0.1) is 11.3 Å². The molecular formula is C134H82N8O2S. The molecule has 0 radical (unpaired) electrons. The normalized spacial score (nSPS) is 12.0. The van der Waals surface area contributed by atoms with Crippen LogP contribution in [0.5, 0.6) is 0 Å². The molecule has 0 atom stereocenters. The van der Waals surface area contributed by atoms with Crippen LogP contribution in [0.25, 0.3) is 285 Å².